The molecule has 0 amide bonds. The van der Waals surface area contributed by atoms with Gasteiger partial charge in [-0.15, -0.1) is 0 Å². The quantitative estimate of drug-likeness (QED) is 0.302. The molecular formula is C18H19Cl2NO4. The van der Waals surface area contributed by atoms with Crippen molar-refractivity contribution in [1.29, 1.82) is 0 Å². The van der Waals surface area contributed by atoms with Gasteiger partial charge in [-0.25, -0.2) is 0 Å². The molecule has 25 heavy (non-hydrogen) atoms. The normalized spacial score (nSPS) is 10.9. The Morgan fingerprint density at radius 1 is 1.04 bits per heavy atom. The molecule has 2 aromatic rings. The van der Waals surface area contributed by atoms with Crippen LogP contribution in [-0.2, 0) is 0 Å². The molecular weight excluding hydrogens is 365 g/mol. The molecule has 0 fully saturated rings. The molecule has 2 aromatic carbocycles. The van der Waals surface area contributed by atoms with Crippen LogP contribution in [-0.4, -0.2) is 31.2 Å². The molecule has 2 rings (SSSR count). The number of ether oxygens (including phenoxy) is 3. The summed E-state index contributed by atoms with van der Waals surface area (Å²) in [7, 11) is 0. The van der Waals surface area contributed by atoms with Crippen molar-refractivity contribution in [3.05, 3.63) is 51.5 Å². The summed E-state index contributed by atoms with van der Waals surface area (Å²) in [6, 6.07) is 8.77. The lowest BCUT2D eigenvalue weighted by atomic mass is 10.2. The van der Waals surface area contributed by atoms with Crippen molar-refractivity contribution in [3.8, 4) is 17.2 Å². The van der Waals surface area contributed by atoms with Crippen LogP contribution in [0.1, 0.15) is 18.1 Å². The lowest BCUT2D eigenvalue weighted by molar-refractivity contribution is 0.208. The van der Waals surface area contributed by atoms with Crippen molar-refractivity contribution in [1.82, 2.24) is 0 Å². The fourth-order valence-electron chi connectivity index (χ4n) is 2.14. The first-order chi connectivity index (χ1) is 12.0. The van der Waals surface area contributed by atoms with E-state index in [1.807, 2.05) is 19.9 Å². The molecule has 0 radical (unpaired) electrons. The summed E-state index contributed by atoms with van der Waals surface area (Å²) in [6.45, 7) is 4.85. The predicted molar refractivity (Wildman–Crippen MR) is 99.2 cm³/mol. The van der Waals surface area contributed by atoms with E-state index in [4.69, 9.17) is 42.6 Å². The van der Waals surface area contributed by atoms with Gasteiger partial charge < -0.3 is 19.4 Å². The molecule has 5 nitrogen and oxygen atoms in total. The molecule has 0 bridgehead atoms. The zero-order valence-corrected chi connectivity index (χ0v) is 15.5. The zero-order valence-electron chi connectivity index (χ0n) is 14.0. The molecule has 0 aliphatic rings. The molecule has 0 aliphatic carbocycles. The monoisotopic (exact) mass is 383 g/mol. The summed E-state index contributed by atoms with van der Waals surface area (Å²) in [5.41, 5.74) is 1.55. The summed E-state index contributed by atoms with van der Waals surface area (Å²) in [6.07, 6.45) is 1.27. The molecule has 0 aliphatic heterocycles. The van der Waals surface area contributed by atoms with Crippen LogP contribution in [0.15, 0.2) is 35.5 Å². The van der Waals surface area contributed by atoms with Gasteiger partial charge in [0.15, 0.2) is 11.5 Å². The average molecular weight is 384 g/mol. The Morgan fingerprint density at radius 3 is 2.48 bits per heavy atom. The van der Waals surface area contributed by atoms with E-state index in [9.17, 15) is 0 Å². The second kappa shape index (κ2) is 9.39. The number of nitrogens with zero attached hydrogens (tertiary/aromatic N) is 1. The van der Waals surface area contributed by atoms with E-state index < -0.39 is 0 Å². The Kier molecular flexibility index (Phi) is 7.22. The molecule has 7 heteroatoms. The number of hydrogen-bond donors (Lipinski definition) is 1. The van der Waals surface area contributed by atoms with E-state index in [0.717, 1.165) is 11.3 Å². The number of halogens is 2. The Labute approximate surface area is 156 Å². The van der Waals surface area contributed by atoms with Crippen LogP contribution in [0.3, 0.4) is 0 Å². The molecule has 0 saturated heterocycles. The maximum Gasteiger partial charge on any atom is 0.179 e. The summed E-state index contributed by atoms with van der Waals surface area (Å²) >= 11 is 12.2. The fraction of sp³-hybridized carbons (Fsp3) is 0.278. The van der Waals surface area contributed by atoms with Gasteiger partial charge in [-0.2, -0.15) is 0 Å². The van der Waals surface area contributed by atoms with Gasteiger partial charge >= 0.3 is 0 Å². The third-order valence-corrected chi connectivity index (χ3v) is 3.97. The van der Waals surface area contributed by atoms with E-state index in [2.05, 4.69) is 5.16 Å². The second-order valence-electron chi connectivity index (χ2n) is 5.12. The SMILES string of the molecule is CCOc1cc(C=NO)cc(Cl)c1OCCOc1ccc(Cl)c(C)c1. The van der Waals surface area contributed by atoms with Crippen molar-refractivity contribution in [2.24, 2.45) is 5.16 Å². The topological polar surface area (TPSA) is 60.3 Å². The zero-order chi connectivity index (χ0) is 18.2. The van der Waals surface area contributed by atoms with Gasteiger partial charge in [0.2, 0.25) is 0 Å². The Hall–Kier alpha value is -2.11. The smallest absolute Gasteiger partial charge is 0.179 e. The van der Waals surface area contributed by atoms with Crippen LogP contribution in [0.5, 0.6) is 17.2 Å². The summed E-state index contributed by atoms with van der Waals surface area (Å²) in [5.74, 6) is 1.62. The van der Waals surface area contributed by atoms with Crippen molar-refractivity contribution in [2.45, 2.75) is 13.8 Å². The number of aryl methyl sites for hydroxylation is 1. The Morgan fingerprint density at radius 2 is 1.80 bits per heavy atom. The minimum atomic E-state index is 0.287. The summed E-state index contributed by atoms with van der Waals surface area (Å²) < 4.78 is 16.9. The van der Waals surface area contributed by atoms with Gasteiger partial charge in [0.1, 0.15) is 19.0 Å². The highest BCUT2D eigenvalue weighted by Crippen LogP contribution is 2.36. The number of oxime groups is 1. The van der Waals surface area contributed by atoms with Gasteiger partial charge in [-0.05, 0) is 49.7 Å². The number of rotatable bonds is 8. The first-order valence-electron chi connectivity index (χ1n) is 7.70. The minimum Gasteiger partial charge on any atom is -0.490 e. The van der Waals surface area contributed by atoms with Gasteiger partial charge in [0.05, 0.1) is 17.8 Å². The molecule has 0 atom stereocenters. The van der Waals surface area contributed by atoms with E-state index in [-0.39, 0.29) is 6.61 Å². The van der Waals surface area contributed by atoms with Crippen LogP contribution < -0.4 is 14.2 Å². The van der Waals surface area contributed by atoms with E-state index in [0.29, 0.717) is 40.3 Å². The lowest BCUT2D eigenvalue weighted by Crippen LogP contribution is -2.10. The maximum absolute atomic E-state index is 8.65. The van der Waals surface area contributed by atoms with Gasteiger partial charge in [-0.3, -0.25) is 0 Å². The molecule has 0 saturated carbocycles. The molecule has 1 N–H and O–H groups in total. The maximum atomic E-state index is 8.65. The molecule has 0 heterocycles. The lowest BCUT2D eigenvalue weighted by Gasteiger charge is -2.15. The van der Waals surface area contributed by atoms with Crippen LogP contribution in [0.4, 0.5) is 0 Å². The molecule has 0 spiro atoms. The van der Waals surface area contributed by atoms with E-state index in [1.54, 1.807) is 24.3 Å². The summed E-state index contributed by atoms with van der Waals surface area (Å²) in [4.78, 5) is 0. The fourth-order valence-corrected chi connectivity index (χ4v) is 2.53. The standard InChI is InChI=1S/C18H19Cl2NO4/c1-3-23-17-10-13(11-21-22)9-16(20)18(17)25-7-6-24-14-4-5-15(19)12(2)8-14/h4-5,8-11,22H,3,6-7H2,1-2H3. The Balaban J connectivity index is 2.00. The van der Waals surface area contributed by atoms with Crippen LogP contribution in [0, 0.1) is 6.92 Å². The summed E-state index contributed by atoms with van der Waals surface area (Å²) in [5, 5.41) is 12.7. The van der Waals surface area contributed by atoms with Crippen molar-refractivity contribution in [2.75, 3.05) is 19.8 Å². The predicted octanol–water partition coefficient (Wildman–Crippen LogP) is 4.97. The van der Waals surface area contributed by atoms with Crippen LogP contribution >= 0.6 is 23.2 Å². The first kappa shape index (κ1) is 19.2. The molecule has 0 unspecified atom stereocenters. The molecule has 134 valence electrons. The molecule has 0 aromatic heterocycles. The third kappa shape index (κ3) is 5.44. The van der Waals surface area contributed by atoms with Crippen molar-refractivity contribution in [3.63, 3.8) is 0 Å². The van der Waals surface area contributed by atoms with Crippen molar-refractivity contribution < 1.29 is 19.4 Å². The first-order valence-corrected chi connectivity index (χ1v) is 8.46. The minimum absolute atomic E-state index is 0.287. The largest absolute Gasteiger partial charge is 0.490 e. The Bertz CT molecular complexity index is 750. The van der Waals surface area contributed by atoms with Gasteiger partial charge in [0, 0.05) is 10.6 Å². The highest BCUT2D eigenvalue weighted by Gasteiger charge is 2.12. The number of benzene rings is 2. The third-order valence-electron chi connectivity index (χ3n) is 3.27. The highest BCUT2D eigenvalue weighted by atomic mass is 35.5. The number of hydrogen-bond acceptors (Lipinski definition) is 5. The van der Waals surface area contributed by atoms with E-state index >= 15 is 0 Å². The van der Waals surface area contributed by atoms with Crippen LogP contribution in [0.2, 0.25) is 10.0 Å². The highest BCUT2D eigenvalue weighted by molar-refractivity contribution is 6.32. The van der Waals surface area contributed by atoms with Gasteiger partial charge in [-0.1, -0.05) is 28.4 Å². The second-order valence-corrected chi connectivity index (χ2v) is 5.93. The van der Waals surface area contributed by atoms with E-state index in [1.165, 1.54) is 6.21 Å². The van der Waals surface area contributed by atoms with Crippen molar-refractivity contribution >= 4 is 29.4 Å². The van der Waals surface area contributed by atoms with Crippen LogP contribution in [0.25, 0.3) is 0 Å². The average Bonchev–Trinajstić information content (AvgIpc) is 2.57. The van der Waals surface area contributed by atoms with Gasteiger partial charge in [0.25, 0.3) is 0 Å².